The number of carbonyl (C=O) groups excluding carboxylic acids is 1. The van der Waals surface area contributed by atoms with E-state index in [1.165, 1.54) is 19.3 Å². The molecule has 0 aromatic carbocycles. The summed E-state index contributed by atoms with van der Waals surface area (Å²) >= 11 is 6.02. The molecule has 0 aromatic rings. The van der Waals surface area contributed by atoms with Crippen molar-refractivity contribution in [1.29, 1.82) is 0 Å². The third-order valence-electron chi connectivity index (χ3n) is 15.6. The van der Waals surface area contributed by atoms with E-state index in [0.29, 0.717) is 22.7 Å². The molecule has 1 aliphatic heterocycles. The first-order valence-electron chi connectivity index (χ1n) is 17.5. The molecule has 6 nitrogen and oxygen atoms in total. The largest absolute Gasteiger partial charge is 0.461 e. The van der Waals surface area contributed by atoms with E-state index in [9.17, 15) is 15.0 Å². The lowest BCUT2D eigenvalue weighted by Crippen LogP contribution is -2.59. The SMILES string of the molecule is CCC(C)[C@@H](NCl)C(=O)O[C@H]1CC[C@]23CC24CC[C@]2(C)[C@@H]([C@@]5(C)CC[C@@H](C(C)(C)O)O5)[C@@H](O)C[C@@]2(C)C4CC[C@H]3C1(C)C. The summed E-state index contributed by atoms with van der Waals surface area (Å²) in [5, 5.41) is 22.7. The molecular formula is C36H60ClNO5. The van der Waals surface area contributed by atoms with Crippen molar-refractivity contribution in [1.82, 2.24) is 4.84 Å². The molecule has 246 valence electrons. The summed E-state index contributed by atoms with van der Waals surface area (Å²) in [6.45, 7) is 19.8. The molecule has 2 spiro atoms. The molecule has 6 fully saturated rings. The van der Waals surface area contributed by atoms with Gasteiger partial charge in [-0.05, 0) is 136 Å². The number of nitrogens with one attached hydrogen (secondary N) is 1. The van der Waals surface area contributed by atoms with Crippen molar-refractivity contribution in [3.63, 3.8) is 0 Å². The number of aliphatic hydroxyl groups excluding tert-OH is 1. The van der Waals surface area contributed by atoms with Gasteiger partial charge < -0.3 is 19.7 Å². The van der Waals surface area contributed by atoms with Crippen LogP contribution >= 0.6 is 11.8 Å². The Labute approximate surface area is 265 Å². The van der Waals surface area contributed by atoms with Crippen LogP contribution in [-0.2, 0) is 14.3 Å². The topological polar surface area (TPSA) is 88.0 Å². The van der Waals surface area contributed by atoms with Crippen LogP contribution in [0.3, 0.4) is 0 Å². The van der Waals surface area contributed by atoms with Crippen LogP contribution in [0.1, 0.15) is 133 Å². The Kier molecular flexibility index (Phi) is 7.60. The van der Waals surface area contributed by atoms with Crippen LogP contribution in [-0.4, -0.2) is 51.7 Å². The Morgan fingerprint density at radius 2 is 1.65 bits per heavy atom. The minimum absolute atomic E-state index is 0.00994. The van der Waals surface area contributed by atoms with Crippen molar-refractivity contribution in [2.75, 3.05) is 0 Å². The minimum atomic E-state index is -0.878. The molecule has 3 unspecified atom stereocenters. The fourth-order valence-electron chi connectivity index (χ4n) is 13.1. The highest BCUT2D eigenvalue weighted by Crippen LogP contribution is 2.89. The Morgan fingerprint density at radius 1 is 1.00 bits per heavy atom. The standard InChI is InChI=1S/C36H60ClNO5/c1-10-21(2)27(38-37)29(40)42-25-14-16-35-20-36(35)18-17-32(7)28(34(9)15-13-26(43-34)31(5,6)41)22(39)19-33(32,8)24(36)12-11-23(35)30(25,3)4/h21-28,38-39,41H,10-20H2,1-9H3/t21?,22-,23-,24?,25-,26-,27+,28-,32+,33-,34+,35+,36?/m0/s1. The molecule has 1 heterocycles. The summed E-state index contributed by atoms with van der Waals surface area (Å²) < 4.78 is 13.0. The van der Waals surface area contributed by atoms with Crippen molar-refractivity contribution in [3.8, 4) is 0 Å². The van der Waals surface area contributed by atoms with E-state index in [1.807, 2.05) is 20.8 Å². The van der Waals surface area contributed by atoms with Crippen LogP contribution in [0.4, 0.5) is 0 Å². The van der Waals surface area contributed by atoms with E-state index in [4.69, 9.17) is 21.3 Å². The molecule has 0 bridgehead atoms. The molecule has 0 amide bonds. The van der Waals surface area contributed by atoms with Crippen LogP contribution < -0.4 is 4.84 Å². The Hall–Kier alpha value is -0.400. The molecule has 7 heteroatoms. The monoisotopic (exact) mass is 621 g/mol. The molecule has 0 aromatic heterocycles. The number of aliphatic hydroxyl groups is 2. The molecule has 6 rings (SSSR count). The summed E-state index contributed by atoms with van der Waals surface area (Å²) in [4.78, 5) is 16.0. The molecule has 5 aliphatic carbocycles. The zero-order chi connectivity index (χ0) is 31.6. The van der Waals surface area contributed by atoms with Gasteiger partial charge in [-0.1, -0.05) is 48.0 Å². The molecule has 0 radical (unpaired) electrons. The van der Waals surface area contributed by atoms with E-state index < -0.39 is 17.2 Å². The fraction of sp³-hybridized carbons (Fsp3) is 0.972. The molecule has 5 saturated carbocycles. The van der Waals surface area contributed by atoms with E-state index in [-0.39, 0.29) is 52.4 Å². The maximum atomic E-state index is 13.3. The molecule has 3 N–H and O–H groups in total. The van der Waals surface area contributed by atoms with Gasteiger partial charge in [0.2, 0.25) is 0 Å². The van der Waals surface area contributed by atoms with Crippen LogP contribution in [0.5, 0.6) is 0 Å². The van der Waals surface area contributed by atoms with E-state index in [0.717, 1.165) is 51.4 Å². The number of ether oxygens (including phenoxy) is 2. The maximum absolute atomic E-state index is 13.3. The van der Waals surface area contributed by atoms with Gasteiger partial charge in [-0.2, -0.15) is 0 Å². The van der Waals surface area contributed by atoms with Crippen LogP contribution in [0, 0.1) is 50.7 Å². The van der Waals surface area contributed by atoms with Gasteiger partial charge in [-0.3, -0.25) is 4.79 Å². The summed E-state index contributed by atoms with van der Waals surface area (Å²) in [5.74, 6) is 1.11. The predicted molar refractivity (Wildman–Crippen MR) is 169 cm³/mol. The average Bonchev–Trinajstić information content (AvgIpc) is 3.30. The molecule has 13 atom stereocenters. The first-order valence-corrected chi connectivity index (χ1v) is 17.9. The number of rotatable bonds is 7. The molecule has 6 aliphatic rings. The van der Waals surface area contributed by atoms with Crippen LogP contribution in [0.2, 0.25) is 0 Å². The minimum Gasteiger partial charge on any atom is -0.461 e. The lowest BCUT2D eigenvalue weighted by Gasteiger charge is -2.63. The van der Waals surface area contributed by atoms with Gasteiger partial charge in [-0.25, -0.2) is 4.84 Å². The lowest BCUT2D eigenvalue weighted by molar-refractivity contribution is -0.200. The normalized spacial score (nSPS) is 51.4. The molecular weight excluding hydrogens is 562 g/mol. The van der Waals surface area contributed by atoms with Gasteiger partial charge in [0.05, 0.1) is 23.4 Å². The Balaban J connectivity index is 1.24. The van der Waals surface area contributed by atoms with Crippen molar-refractivity contribution >= 4 is 17.7 Å². The average molecular weight is 622 g/mol. The van der Waals surface area contributed by atoms with Crippen LogP contribution in [0.25, 0.3) is 0 Å². The van der Waals surface area contributed by atoms with Crippen molar-refractivity contribution in [2.45, 2.75) is 168 Å². The van der Waals surface area contributed by atoms with Gasteiger partial charge in [-0.15, -0.1) is 0 Å². The van der Waals surface area contributed by atoms with Crippen LogP contribution in [0.15, 0.2) is 0 Å². The second-order valence-electron chi connectivity index (χ2n) is 18.1. The van der Waals surface area contributed by atoms with Gasteiger partial charge in [0, 0.05) is 11.3 Å². The summed E-state index contributed by atoms with van der Waals surface area (Å²) in [7, 11) is 0. The quantitative estimate of drug-likeness (QED) is 0.206. The number of halogens is 1. The molecule has 1 saturated heterocycles. The van der Waals surface area contributed by atoms with Gasteiger partial charge in [0.15, 0.2) is 0 Å². The predicted octanol–water partition coefficient (Wildman–Crippen LogP) is 7.17. The Bertz CT molecular complexity index is 1120. The highest BCUT2D eigenvalue weighted by Gasteiger charge is 2.83. The summed E-state index contributed by atoms with van der Waals surface area (Å²) in [5.41, 5.74) is -0.711. The third-order valence-corrected chi connectivity index (χ3v) is 15.9. The first-order chi connectivity index (χ1) is 19.9. The zero-order valence-electron chi connectivity index (χ0n) is 28.4. The van der Waals surface area contributed by atoms with E-state index in [1.54, 1.807) is 0 Å². The Morgan fingerprint density at radius 3 is 2.26 bits per heavy atom. The van der Waals surface area contributed by atoms with Gasteiger partial charge in [0.25, 0.3) is 0 Å². The second kappa shape index (κ2) is 10.1. The fourth-order valence-corrected chi connectivity index (χ4v) is 13.4. The summed E-state index contributed by atoms with van der Waals surface area (Å²) in [6, 6.07) is -0.483. The highest BCUT2D eigenvalue weighted by atomic mass is 35.5. The number of carbonyl (C=O) groups is 1. The smallest absolute Gasteiger partial charge is 0.324 e. The van der Waals surface area contributed by atoms with Gasteiger partial charge in [0.1, 0.15) is 12.1 Å². The second-order valence-corrected chi connectivity index (χ2v) is 18.3. The van der Waals surface area contributed by atoms with Crippen molar-refractivity contribution < 1.29 is 24.5 Å². The third kappa shape index (κ3) is 4.27. The van der Waals surface area contributed by atoms with Crippen molar-refractivity contribution in [3.05, 3.63) is 0 Å². The summed E-state index contributed by atoms with van der Waals surface area (Å²) in [6.07, 6.45) is 10.8. The number of hydrogen-bond donors (Lipinski definition) is 3. The number of esters is 1. The highest BCUT2D eigenvalue weighted by molar-refractivity contribution is 6.14. The number of hydrogen-bond acceptors (Lipinski definition) is 6. The van der Waals surface area contributed by atoms with E-state index >= 15 is 0 Å². The number of fused-ring (bicyclic) bond motifs is 2. The van der Waals surface area contributed by atoms with Gasteiger partial charge >= 0.3 is 5.97 Å². The zero-order valence-corrected chi connectivity index (χ0v) is 29.2. The molecule has 43 heavy (non-hydrogen) atoms. The lowest BCUT2D eigenvalue weighted by atomic mass is 9.41. The first kappa shape index (κ1) is 32.5. The maximum Gasteiger partial charge on any atom is 0.324 e. The van der Waals surface area contributed by atoms with E-state index in [2.05, 4.69) is 46.4 Å². The van der Waals surface area contributed by atoms with Crippen molar-refractivity contribution in [2.24, 2.45) is 50.7 Å².